The number of carbonyl (C=O) groups is 1. The molecule has 0 bridgehead atoms. The lowest BCUT2D eigenvalue weighted by Crippen LogP contribution is -2.21. The molecule has 0 saturated heterocycles. The summed E-state index contributed by atoms with van der Waals surface area (Å²) in [6.07, 6.45) is 0. The highest BCUT2D eigenvalue weighted by Gasteiger charge is 2.09. The third-order valence-corrected chi connectivity index (χ3v) is 2.47. The molecule has 0 atom stereocenters. The molecular formula is C10H10N2OS. The lowest BCUT2D eigenvalue weighted by Gasteiger charge is -2.15. The molecule has 0 fully saturated rings. The summed E-state index contributed by atoms with van der Waals surface area (Å²) < 4.78 is 0. The van der Waals surface area contributed by atoms with Crippen LogP contribution in [0.15, 0.2) is 30.3 Å². The first-order chi connectivity index (χ1) is 6.75. The van der Waals surface area contributed by atoms with E-state index >= 15 is 0 Å². The van der Waals surface area contributed by atoms with Gasteiger partial charge < -0.3 is 4.90 Å². The molecule has 1 aromatic carbocycles. The first-order valence-electron chi connectivity index (χ1n) is 4.08. The minimum atomic E-state index is -0.113. The number of para-hydroxylation sites is 1. The van der Waals surface area contributed by atoms with Gasteiger partial charge in [-0.1, -0.05) is 18.2 Å². The summed E-state index contributed by atoms with van der Waals surface area (Å²) in [6, 6.07) is 11.3. The quantitative estimate of drug-likeness (QED) is 0.746. The molecule has 3 nitrogen and oxygen atoms in total. The predicted octanol–water partition coefficient (Wildman–Crippen LogP) is 2.50. The minimum absolute atomic E-state index is 0.113. The highest BCUT2D eigenvalue weighted by Crippen LogP contribution is 2.16. The van der Waals surface area contributed by atoms with E-state index in [-0.39, 0.29) is 11.0 Å². The Morgan fingerprint density at radius 1 is 1.50 bits per heavy atom. The summed E-state index contributed by atoms with van der Waals surface area (Å²) in [4.78, 5) is 13.0. The van der Waals surface area contributed by atoms with Crippen molar-refractivity contribution in [1.82, 2.24) is 0 Å². The number of rotatable bonds is 2. The number of amides is 1. The van der Waals surface area contributed by atoms with E-state index in [1.54, 1.807) is 7.05 Å². The minimum Gasteiger partial charge on any atom is -0.306 e. The van der Waals surface area contributed by atoms with Crippen LogP contribution >= 0.6 is 11.8 Å². The fraction of sp³-hybridized carbons (Fsp3) is 0.200. The fourth-order valence-corrected chi connectivity index (χ4v) is 1.43. The van der Waals surface area contributed by atoms with Gasteiger partial charge in [0.1, 0.15) is 0 Å². The maximum absolute atomic E-state index is 11.4. The van der Waals surface area contributed by atoms with Gasteiger partial charge in [-0.2, -0.15) is 5.26 Å². The smallest absolute Gasteiger partial charge is 0.286 e. The van der Waals surface area contributed by atoms with Crippen molar-refractivity contribution in [3.05, 3.63) is 30.3 Å². The Kier molecular flexibility index (Phi) is 4.02. The van der Waals surface area contributed by atoms with Crippen LogP contribution < -0.4 is 4.90 Å². The van der Waals surface area contributed by atoms with Gasteiger partial charge in [-0.05, 0) is 23.9 Å². The lowest BCUT2D eigenvalue weighted by molar-refractivity contribution is 0.266. The molecule has 0 aliphatic rings. The number of benzene rings is 1. The Morgan fingerprint density at radius 3 is 2.71 bits per heavy atom. The Labute approximate surface area is 87.3 Å². The summed E-state index contributed by atoms with van der Waals surface area (Å²) in [7, 11) is 1.70. The van der Waals surface area contributed by atoms with E-state index in [2.05, 4.69) is 0 Å². The van der Waals surface area contributed by atoms with Crippen LogP contribution in [0.3, 0.4) is 0 Å². The molecule has 0 spiro atoms. The molecule has 0 N–H and O–H groups in total. The summed E-state index contributed by atoms with van der Waals surface area (Å²) in [5.41, 5.74) is 0.836. The van der Waals surface area contributed by atoms with Crippen LogP contribution in [0.4, 0.5) is 10.5 Å². The van der Waals surface area contributed by atoms with Crippen LogP contribution in [0.2, 0.25) is 0 Å². The number of carbonyl (C=O) groups excluding carboxylic acids is 1. The van der Waals surface area contributed by atoms with Crippen LogP contribution in [0.1, 0.15) is 0 Å². The summed E-state index contributed by atoms with van der Waals surface area (Å²) in [6.45, 7) is 0. The SMILES string of the molecule is CN(C(=O)SCC#N)c1ccccc1. The lowest BCUT2D eigenvalue weighted by atomic mass is 10.3. The predicted molar refractivity (Wildman–Crippen MR) is 58.3 cm³/mol. The molecular weight excluding hydrogens is 196 g/mol. The highest BCUT2D eigenvalue weighted by atomic mass is 32.2. The maximum Gasteiger partial charge on any atom is 0.286 e. The van der Waals surface area contributed by atoms with E-state index in [0.29, 0.717) is 0 Å². The molecule has 1 rings (SSSR count). The molecule has 0 aliphatic heterocycles. The zero-order valence-electron chi connectivity index (χ0n) is 7.80. The molecule has 1 aromatic rings. The standard InChI is InChI=1S/C10H10N2OS/c1-12(10(13)14-8-7-11)9-5-3-2-4-6-9/h2-6H,8H2,1H3. The number of hydrogen-bond acceptors (Lipinski definition) is 3. The van der Waals surface area contributed by atoms with E-state index in [1.165, 1.54) is 4.90 Å². The number of anilines is 1. The highest BCUT2D eigenvalue weighted by molar-refractivity contribution is 8.14. The van der Waals surface area contributed by atoms with Crippen molar-refractivity contribution in [2.75, 3.05) is 17.7 Å². The topological polar surface area (TPSA) is 44.1 Å². The van der Waals surface area contributed by atoms with E-state index in [1.807, 2.05) is 36.4 Å². The van der Waals surface area contributed by atoms with E-state index in [0.717, 1.165) is 17.4 Å². The molecule has 1 amide bonds. The van der Waals surface area contributed by atoms with Crippen LogP contribution in [0, 0.1) is 11.3 Å². The molecule has 14 heavy (non-hydrogen) atoms. The second-order valence-corrected chi connectivity index (χ2v) is 3.53. The first-order valence-corrected chi connectivity index (χ1v) is 5.06. The number of nitriles is 1. The average molecular weight is 206 g/mol. The van der Waals surface area contributed by atoms with Gasteiger partial charge in [-0.25, -0.2) is 0 Å². The number of nitrogens with zero attached hydrogens (tertiary/aromatic N) is 2. The Bertz CT molecular complexity index is 345. The second kappa shape index (κ2) is 5.30. The molecule has 0 heterocycles. The van der Waals surface area contributed by atoms with Crippen LogP contribution in [0.25, 0.3) is 0 Å². The van der Waals surface area contributed by atoms with Gasteiger partial charge >= 0.3 is 0 Å². The average Bonchev–Trinajstić information content (AvgIpc) is 2.26. The zero-order chi connectivity index (χ0) is 10.4. The summed E-state index contributed by atoms with van der Waals surface area (Å²) >= 11 is 1.01. The van der Waals surface area contributed by atoms with Crippen molar-refractivity contribution >= 4 is 22.7 Å². The number of thioether (sulfide) groups is 1. The van der Waals surface area contributed by atoms with E-state index < -0.39 is 0 Å². The molecule has 0 saturated carbocycles. The third-order valence-electron chi connectivity index (χ3n) is 1.68. The van der Waals surface area contributed by atoms with Crippen molar-refractivity contribution in [2.45, 2.75) is 0 Å². The molecule has 0 aromatic heterocycles. The maximum atomic E-state index is 11.4. The van der Waals surface area contributed by atoms with Crippen molar-refractivity contribution in [2.24, 2.45) is 0 Å². The molecule has 0 radical (unpaired) electrons. The van der Waals surface area contributed by atoms with Crippen LogP contribution in [-0.4, -0.2) is 18.0 Å². The second-order valence-electron chi connectivity index (χ2n) is 2.61. The monoisotopic (exact) mass is 206 g/mol. The Morgan fingerprint density at radius 2 is 2.14 bits per heavy atom. The Hall–Kier alpha value is -1.47. The normalized spacial score (nSPS) is 9.14. The van der Waals surface area contributed by atoms with Gasteiger partial charge in [0.05, 0.1) is 11.8 Å². The third kappa shape index (κ3) is 2.79. The summed E-state index contributed by atoms with van der Waals surface area (Å²) in [5.74, 6) is 0.190. The summed E-state index contributed by atoms with van der Waals surface area (Å²) in [5, 5.41) is 8.21. The number of hydrogen-bond donors (Lipinski definition) is 0. The van der Waals surface area contributed by atoms with Gasteiger partial charge in [-0.15, -0.1) is 0 Å². The Balaban J connectivity index is 2.62. The molecule has 72 valence electrons. The van der Waals surface area contributed by atoms with E-state index in [4.69, 9.17) is 5.26 Å². The molecule has 0 aliphatic carbocycles. The molecule has 0 unspecified atom stereocenters. The van der Waals surface area contributed by atoms with Crippen molar-refractivity contribution in [3.8, 4) is 6.07 Å². The largest absolute Gasteiger partial charge is 0.306 e. The fourth-order valence-electron chi connectivity index (χ4n) is 0.948. The van der Waals surface area contributed by atoms with Crippen molar-refractivity contribution in [1.29, 1.82) is 5.26 Å². The van der Waals surface area contributed by atoms with Crippen molar-refractivity contribution < 1.29 is 4.79 Å². The van der Waals surface area contributed by atoms with Gasteiger partial charge in [0, 0.05) is 12.7 Å². The van der Waals surface area contributed by atoms with Gasteiger partial charge in [0.25, 0.3) is 5.24 Å². The van der Waals surface area contributed by atoms with Crippen LogP contribution in [-0.2, 0) is 0 Å². The zero-order valence-corrected chi connectivity index (χ0v) is 8.62. The van der Waals surface area contributed by atoms with E-state index in [9.17, 15) is 4.79 Å². The van der Waals surface area contributed by atoms with Crippen LogP contribution in [0.5, 0.6) is 0 Å². The van der Waals surface area contributed by atoms with Gasteiger partial charge in [-0.3, -0.25) is 4.79 Å². The molecule has 4 heteroatoms. The van der Waals surface area contributed by atoms with Gasteiger partial charge in [0.15, 0.2) is 0 Å². The first kappa shape index (κ1) is 10.6. The van der Waals surface area contributed by atoms with Gasteiger partial charge in [0.2, 0.25) is 0 Å². The van der Waals surface area contributed by atoms with Crippen molar-refractivity contribution in [3.63, 3.8) is 0 Å².